The van der Waals surface area contributed by atoms with E-state index in [0.717, 1.165) is 44.9 Å². The summed E-state index contributed by atoms with van der Waals surface area (Å²) in [7, 11) is 4.16. The Kier molecular flexibility index (Phi) is 4.70. The smallest absolute Gasteiger partial charge is 0.306 e. The number of rotatable bonds is 2. The van der Waals surface area contributed by atoms with Gasteiger partial charge in [-0.2, -0.15) is 0 Å². The molecule has 1 heterocycles. The van der Waals surface area contributed by atoms with Gasteiger partial charge in [-0.05, 0) is 91.7 Å². The fraction of sp³-hybridized carbons (Fsp3) is 0.586. The third kappa shape index (κ3) is 3.02. The van der Waals surface area contributed by atoms with E-state index in [1.165, 1.54) is 22.4 Å². The molecule has 1 aromatic carbocycles. The van der Waals surface area contributed by atoms with Gasteiger partial charge in [0.15, 0.2) is 5.78 Å². The van der Waals surface area contributed by atoms with Crippen LogP contribution in [0.4, 0.5) is 5.69 Å². The van der Waals surface area contributed by atoms with Gasteiger partial charge in [0, 0.05) is 44.0 Å². The largest absolute Gasteiger partial charge is 0.458 e. The van der Waals surface area contributed by atoms with Crippen LogP contribution in [0.3, 0.4) is 0 Å². The molecule has 174 valence electrons. The van der Waals surface area contributed by atoms with Crippen molar-refractivity contribution in [2.45, 2.75) is 76.2 Å². The summed E-state index contributed by atoms with van der Waals surface area (Å²) < 4.78 is 6.20. The highest BCUT2D eigenvalue weighted by molar-refractivity contribution is 5.93. The summed E-state index contributed by atoms with van der Waals surface area (Å²) in [4.78, 5) is 26.7. The fourth-order valence-corrected chi connectivity index (χ4v) is 8.24. The van der Waals surface area contributed by atoms with E-state index in [-0.39, 0.29) is 22.8 Å². The van der Waals surface area contributed by atoms with Crippen LogP contribution >= 0.6 is 0 Å². The van der Waals surface area contributed by atoms with Crippen molar-refractivity contribution in [1.82, 2.24) is 0 Å². The predicted molar refractivity (Wildman–Crippen MR) is 129 cm³/mol. The van der Waals surface area contributed by atoms with Gasteiger partial charge in [0.1, 0.15) is 5.60 Å². The second-order valence-corrected chi connectivity index (χ2v) is 11.5. The first-order valence-corrected chi connectivity index (χ1v) is 12.8. The minimum absolute atomic E-state index is 0.00444. The van der Waals surface area contributed by atoms with Gasteiger partial charge in [-0.1, -0.05) is 24.6 Å². The SMILES string of the molecule is CN(C)c1ccc([C@H]2C[C@@]3(C)C(CC[C@]34CCC(=O)O4)C3CCC4=CC(=O)CCC4=C32)cc1. The molecule has 0 bridgehead atoms. The van der Waals surface area contributed by atoms with E-state index in [9.17, 15) is 9.59 Å². The number of hydrogen-bond donors (Lipinski definition) is 0. The molecule has 5 atom stereocenters. The Morgan fingerprint density at radius 2 is 1.76 bits per heavy atom. The molecule has 4 heteroatoms. The molecule has 4 aliphatic carbocycles. The van der Waals surface area contributed by atoms with Gasteiger partial charge in [-0.25, -0.2) is 0 Å². The van der Waals surface area contributed by atoms with Gasteiger partial charge >= 0.3 is 5.97 Å². The topological polar surface area (TPSA) is 46.6 Å². The molecule has 1 aliphatic heterocycles. The molecule has 5 aliphatic rings. The number of nitrogens with zero attached hydrogens (tertiary/aromatic N) is 1. The Balaban J connectivity index is 1.50. The summed E-state index contributed by atoms with van der Waals surface area (Å²) in [5, 5.41) is 0. The normalized spacial score (nSPS) is 37.4. The molecule has 33 heavy (non-hydrogen) atoms. The average molecular weight is 446 g/mol. The third-order valence-corrected chi connectivity index (χ3v) is 9.88. The maximum atomic E-state index is 12.3. The van der Waals surface area contributed by atoms with E-state index in [1.54, 1.807) is 5.57 Å². The number of allylic oxidation sites excluding steroid dienone is 4. The van der Waals surface area contributed by atoms with Crippen LogP contribution in [-0.4, -0.2) is 31.4 Å². The van der Waals surface area contributed by atoms with Crippen molar-refractivity contribution in [2.75, 3.05) is 19.0 Å². The second kappa shape index (κ2) is 7.32. The average Bonchev–Trinajstić information content (AvgIpc) is 3.32. The van der Waals surface area contributed by atoms with E-state index in [1.807, 2.05) is 6.08 Å². The minimum Gasteiger partial charge on any atom is -0.458 e. The van der Waals surface area contributed by atoms with Gasteiger partial charge < -0.3 is 9.64 Å². The predicted octanol–water partition coefficient (Wildman–Crippen LogP) is 5.73. The van der Waals surface area contributed by atoms with Crippen molar-refractivity contribution in [3.8, 4) is 0 Å². The van der Waals surface area contributed by atoms with Crippen molar-refractivity contribution in [2.24, 2.45) is 17.3 Å². The highest BCUT2D eigenvalue weighted by atomic mass is 16.6. The summed E-state index contributed by atoms with van der Waals surface area (Å²) in [5.74, 6) is 1.70. The molecule has 6 rings (SSSR count). The molecule has 2 saturated carbocycles. The zero-order valence-electron chi connectivity index (χ0n) is 20.2. The Morgan fingerprint density at radius 1 is 0.970 bits per heavy atom. The molecule has 0 radical (unpaired) electrons. The first-order valence-electron chi connectivity index (χ1n) is 12.8. The summed E-state index contributed by atoms with van der Waals surface area (Å²) in [6.07, 6.45) is 10.2. The van der Waals surface area contributed by atoms with Gasteiger partial charge in [0.2, 0.25) is 0 Å². The van der Waals surface area contributed by atoms with Gasteiger partial charge in [-0.3, -0.25) is 9.59 Å². The zero-order valence-corrected chi connectivity index (χ0v) is 20.2. The molecule has 0 N–H and O–H groups in total. The van der Waals surface area contributed by atoms with Crippen LogP contribution in [0.5, 0.6) is 0 Å². The van der Waals surface area contributed by atoms with Crippen LogP contribution in [-0.2, 0) is 14.3 Å². The first-order chi connectivity index (χ1) is 15.8. The maximum Gasteiger partial charge on any atom is 0.306 e. The standard InChI is InChI=1S/C29H35NO3/c1-28-17-24(18-4-7-20(8-5-18)30(2)3)27-22-11-9-21(31)16-19(22)6-10-23(27)25(28)12-14-29(28)15-13-26(32)33-29/h4-5,7-8,16,23-25H,6,9-15,17H2,1-3H3/t23?,24-,25?,28+,29+/m1/s1. The number of hydrogen-bond acceptors (Lipinski definition) is 4. The van der Waals surface area contributed by atoms with Crippen LogP contribution in [0, 0.1) is 17.3 Å². The van der Waals surface area contributed by atoms with Crippen molar-refractivity contribution >= 4 is 17.4 Å². The van der Waals surface area contributed by atoms with Gasteiger partial charge in [0.05, 0.1) is 0 Å². The summed E-state index contributed by atoms with van der Waals surface area (Å²) in [6.45, 7) is 2.43. The van der Waals surface area contributed by atoms with Crippen LogP contribution in [0.1, 0.15) is 76.2 Å². The van der Waals surface area contributed by atoms with Crippen molar-refractivity contribution in [3.05, 3.63) is 52.6 Å². The summed E-state index contributed by atoms with van der Waals surface area (Å²) in [5.41, 5.74) is 6.70. The molecule has 0 amide bonds. The Labute approximate surface area is 197 Å². The second-order valence-electron chi connectivity index (χ2n) is 11.5. The number of carbonyl (C=O) groups is 2. The lowest BCUT2D eigenvalue weighted by Crippen LogP contribution is -2.51. The van der Waals surface area contributed by atoms with E-state index in [4.69, 9.17) is 4.74 Å². The monoisotopic (exact) mass is 445 g/mol. The van der Waals surface area contributed by atoms with Crippen LogP contribution in [0.25, 0.3) is 0 Å². The molecule has 2 unspecified atom stereocenters. The number of anilines is 1. The van der Waals surface area contributed by atoms with E-state index < -0.39 is 0 Å². The molecule has 4 nitrogen and oxygen atoms in total. The molecule has 1 saturated heterocycles. The number of benzene rings is 1. The molecular formula is C29H35NO3. The Hall–Kier alpha value is -2.36. The van der Waals surface area contributed by atoms with Crippen LogP contribution in [0.2, 0.25) is 0 Å². The number of fused-ring (bicyclic) bond motifs is 5. The first kappa shape index (κ1) is 21.2. The van der Waals surface area contributed by atoms with Crippen molar-refractivity contribution in [3.63, 3.8) is 0 Å². The highest BCUT2D eigenvalue weighted by Gasteiger charge is 2.66. The molecule has 1 spiro atoms. The maximum absolute atomic E-state index is 12.3. The number of ketones is 1. The number of esters is 1. The summed E-state index contributed by atoms with van der Waals surface area (Å²) in [6, 6.07) is 9.08. The van der Waals surface area contributed by atoms with E-state index in [2.05, 4.69) is 50.2 Å². The fourth-order valence-electron chi connectivity index (χ4n) is 8.24. The zero-order chi connectivity index (χ0) is 23.0. The third-order valence-electron chi connectivity index (χ3n) is 9.88. The van der Waals surface area contributed by atoms with Crippen LogP contribution in [0.15, 0.2) is 47.1 Å². The van der Waals surface area contributed by atoms with Crippen molar-refractivity contribution in [1.29, 1.82) is 0 Å². The lowest BCUT2D eigenvalue weighted by molar-refractivity contribution is -0.162. The summed E-state index contributed by atoms with van der Waals surface area (Å²) >= 11 is 0. The molecule has 0 aromatic heterocycles. The van der Waals surface area contributed by atoms with Gasteiger partial charge in [0.25, 0.3) is 0 Å². The number of carbonyl (C=O) groups excluding carboxylic acids is 2. The van der Waals surface area contributed by atoms with E-state index >= 15 is 0 Å². The Bertz CT molecular complexity index is 1080. The quantitative estimate of drug-likeness (QED) is 0.546. The van der Waals surface area contributed by atoms with E-state index in [0.29, 0.717) is 30.6 Å². The van der Waals surface area contributed by atoms with Crippen molar-refractivity contribution < 1.29 is 14.3 Å². The molecular weight excluding hydrogens is 410 g/mol. The Morgan fingerprint density at radius 3 is 2.45 bits per heavy atom. The lowest BCUT2D eigenvalue weighted by Gasteiger charge is -2.54. The van der Waals surface area contributed by atoms with Gasteiger partial charge in [-0.15, -0.1) is 0 Å². The minimum atomic E-state index is -0.286. The number of ether oxygens (including phenoxy) is 1. The van der Waals surface area contributed by atoms with Crippen LogP contribution < -0.4 is 4.90 Å². The highest BCUT2D eigenvalue weighted by Crippen LogP contribution is 2.69. The lowest BCUT2D eigenvalue weighted by atomic mass is 9.51. The molecule has 1 aromatic rings. The molecule has 3 fully saturated rings.